The van der Waals surface area contributed by atoms with Gasteiger partial charge in [-0.2, -0.15) is 13.2 Å². The number of nitrogens with zero attached hydrogens (tertiary/aromatic N) is 2. The number of carbonyl (C=O) groups excluding carboxylic acids is 3. The predicted molar refractivity (Wildman–Crippen MR) is 141 cm³/mol. The van der Waals surface area contributed by atoms with E-state index in [1.165, 1.54) is 12.1 Å². The van der Waals surface area contributed by atoms with Crippen molar-refractivity contribution in [2.75, 3.05) is 18.4 Å². The van der Waals surface area contributed by atoms with Gasteiger partial charge in [0, 0.05) is 29.8 Å². The summed E-state index contributed by atoms with van der Waals surface area (Å²) in [5.74, 6) is -4.51. The lowest BCUT2D eigenvalue weighted by Crippen LogP contribution is -2.50. The van der Waals surface area contributed by atoms with Crippen LogP contribution in [0.4, 0.5) is 27.8 Å². The van der Waals surface area contributed by atoms with E-state index in [2.05, 4.69) is 15.6 Å². The number of alkyl halides is 3. The van der Waals surface area contributed by atoms with Gasteiger partial charge in [0.1, 0.15) is 18.4 Å². The molecule has 3 aromatic rings. The van der Waals surface area contributed by atoms with Crippen LogP contribution in [-0.2, 0) is 27.8 Å². The molecule has 2 aromatic carbocycles. The highest BCUT2D eigenvalue weighted by Gasteiger charge is 2.51. The van der Waals surface area contributed by atoms with E-state index in [0.29, 0.717) is 23.6 Å². The molecule has 0 saturated carbocycles. The van der Waals surface area contributed by atoms with Crippen molar-refractivity contribution in [3.8, 4) is 0 Å². The van der Waals surface area contributed by atoms with Crippen molar-refractivity contribution in [3.05, 3.63) is 94.2 Å². The Balaban J connectivity index is 1.23. The summed E-state index contributed by atoms with van der Waals surface area (Å²) < 4.78 is 68.6. The maximum absolute atomic E-state index is 14.5. The molecule has 3 heterocycles. The predicted octanol–water partition coefficient (Wildman–Crippen LogP) is 4.42. The Morgan fingerprint density at radius 2 is 1.83 bits per heavy atom. The number of hydrogen-bond acceptors (Lipinski definition) is 4. The second-order valence-electron chi connectivity index (χ2n) is 11.1. The molecule has 3 atom stereocenters. The first-order valence-electron chi connectivity index (χ1n) is 13.4. The van der Waals surface area contributed by atoms with Crippen LogP contribution in [0.3, 0.4) is 0 Å². The van der Waals surface area contributed by atoms with Gasteiger partial charge in [0.25, 0.3) is 5.91 Å². The van der Waals surface area contributed by atoms with E-state index >= 15 is 0 Å². The largest absolute Gasteiger partial charge is 0.406 e. The quantitative estimate of drug-likeness (QED) is 0.445. The van der Waals surface area contributed by atoms with Crippen LogP contribution in [0.1, 0.15) is 51.4 Å². The molecule has 6 rings (SSSR count). The molecule has 1 spiro atoms. The first-order chi connectivity index (χ1) is 19.9. The van der Waals surface area contributed by atoms with Crippen LogP contribution in [0.5, 0.6) is 0 Å². The van der Waals surface area contributed by atoms with Crippen LogP contribution < -0.4 is 10.6 Å². The zero-order valence-electron chi connectivity index (χ0n) is 22.1. The summed E-state index contributed by atoms with van der Waals surface area (Å²) >= 11 is 0. The lowest BCUT2D eigenvalue weighted by Gasteiger charge is -2.27. The highest BCUT2D eigenvalue weighted by Crippen LogP contribution is 2.46. The molecule has 0 bridgehead atoms. The van der Waals surface area contributed by atoms with E-state index in [-0.39, 0.29) is 29.9 Å². The Kier molecular flexibility index (Phi) is 6.74. The molecule has 42 heavy (non-hydrogen) atoms. The molecule has 12 heteroatoms. The van der Waals surface area contributed by atoms with Gasteiger partial charge in [0.05, 0.1) is 5.41 Å². The number of anilines is 1. The monoisotopic (exact) mass is 584 g/mol. The number of amides is 3. The Bertz CT molecular complexity index is 1610. The highest BCUT2D eigenvalue weighted by atomic mass is 19.4. The summed E-state index contributed by atoms with van der Waals surface area (Å²) in [5, 5.41) is 5.37. The number of hydrogen-bond donors (Lipinski definition) is 2. The molecule has 1 aromatic heterocycles. The fraction of sp³-hybridized carbons (Fsp3) is 0.333. The highest BCUT2D eigenvalue weighted by molar-refractivity contribution is 6.06. The third-order valence-corrected chi connectivity index (χ3v) is 8.39. The van der Waals surface area contributed by atoms with Crippen molar-refractivity contribution in [2.45, 2.75) is 49.2 Å². The molecule has 7 nitrogen and oxygen atoms in total. The first-order valence-corrected chi connectivity index (χ1v) is 13.4. The molecule has 0 radical (unpaired) electrons. The average molecular weight is 585 g/mol. The summed E-state index contributed by atoms with van der Waals surface area (Å²) in [6.07, 6.45) is -2.44. The van der Waals surface area contributed by atoms with Crippen LogP contribution in [0, 0.1) is 11.6 Å². The van der Waals surface area contributed by atoms with Gasteiger partial charge in [-0.25, -0.2) is 13.8 Å². The van der Waals surface area contributed by atoms with Crippen molar-refractivity contribution >= 4 is 23.5 Å². The van der Waals surface area contributed by atoms with Crippen LogP contribution in [-0.4, -0.2) is 52.9 Å². The van der Waals surface area contributed by atoms with E-state index in [0.717, 1.165) is 22.8 Å². The van der Waals surface area contributed by atoms with Crippen LogP contribution in [0.15, 0.2) is 54.7 Å². The molecule has 3 amide bonds. The SMILES string of the molecule is O=C(N[C@@H]1CC[C@@H](c2cccc(F)c2F)CN(CC(F)(F)F)C1=O)c1ccc2c(c1)CC1(C2)C(=O)Nc2ncccc21. The molecule has 1 aliphatic carbocycles. The standard InChI is InChI=1S/C30H25F5N4O3/c31-22-5-1-3-20(24(22)32)18-8-9-23(27(41)39(14-18)15-30(33,34)35)37-26(40)16-6-7-17-12-29(13-19(17)11-16)21-4-2-10-36-25(21)38-28(29)42/h1-7,10-11,18,23H,8-9,12-15H2,(H,37,40)(H,36,38,42)/t18-,23-,29?/m1/s1. The third-order valence-electron chi connectivity index (χ3n) is 8.39. The van der Waals surface area contributed by atoms with Crippen LogP contribution in [0.2, 0.25) is 0 Å². The summed E-state index contributed by atoms with van der Waals surface area (Å²) in [7, 11) is 0. The van der Waals surface area contributed by atoms with Crippen LogP contribution >= 0.6 is 0 Å². The lowest BCUT2D eigenvalue weighted by molar-refractivity contribution is -0.162. The van der Waals surface area contributed by atoms with Gasteiger partial charge in [0.2, 0.25) is 11.8 Å². The van der Waals surface area contributed by atoms with Gasteiger partial charge in [-0.3, -0.25) is 14.4 Å². The Morgan fingerprint density at radius 3 is 2.62 bits per heavy atom. The fourth-order valence-corrected chi connectivity index (χ4v) is 6.39. The van der Waals surface area contributed by atoms with Gasteiger partial charge in [0.15, 0.2) is 11.6 Å². The van der Waals surface area contributed by atoms with Gasteiger partial charge in [-0.15, -0.1) is 0 Å². The zero-order valence-corrected chi connectivity index (χ0v) is 22.1. The number of fused-ring (bicyclic) bond motifs is 3. The van der Waals surface area contributed by atoms with Crippen molar-refractivity contribution in [1.82, 2.24) is 15.2 Å². The number of benzene rings is 2. The Labute approximate surface area is 237 Å². The lowest BCUT2D eigenvalue weighted by atomic mass is 9.79. The zero-order chi connectivity index (χ0) is 29.8. The second-order valence-corrected chi connectivity index (χ2v) is 11.1. The third kappa shape index (κ3) is 4.88. The minimum absolute atomic E-state index is 0.0423. The molecule has 3 aliphatic rings. The molecular weight excluding hydrogens is 559 g/mol. The summed E-state index contributed by atoms with van der Waals surface area (Å²) in [4.78, 5) is 44.3. The van der Waals surface area contributed by atoms with E-state index in [1.807, 2.05) is 6.07 Å². The molecule has 1 saturated heterocycles. The van der Waals surface area contributed by atoms with Crippen molar-refractivity contribution < 1.29 is 36.3 Å². The molecule has 2 aliphatic heterocycles. The Morgan fingerprint density at radius 1 is 1.05 bits per heavy atom. The number of rotatable bonds is 4. The second kappa shape index (κ2) is 10.2. The minimum atomic E-state index is -4.74. The number of pyridine rings is 1. The number of nitrogens with one attached hydrogen (secondary N) is 2. The minimum Gasteiger partial charge on any atom is -0.340 e. The molecular formula is C30H25F5N4O3. The summed E-state index contributed by atoms with van der Waals surface area (Å²) in [6.45, 7) is -2.07. The summed E-state index contributed by atoms with van der Waals surface area (Å²) in [6, 6.07) is 10.6. The van der Waals surface area contributed by atoms with E-state index in [9.17, 15) is 36.3 Å². The Hall–Kier alpha value is -4.35. The summed E-state index contributed by atoms with van der Waals surface area (Å²) in [5.41, 5.74) is 1.62. The number of likely N-dealkylation sites (tertiary alicyclic amines) is 1. The van der Waals surface area contributed by atoms with Crippen LogP contribution in [0.25, 0.3) is 0 Å². The maximum atomic E-state index is 14.5. The number of carbonyl (C=O) groups is 3. The molecule has 218 valence electrons. The first kappa shape index (κ1) is 27.8. The molecule has 2 N–H and O–H groups in total. The van der Waals surface area contributed by atoms with Gasteiger partial charge < -0.3 is 15.5 Å². The number of aromatic nitrogens is 1. The topological polar surface area (TPSA) is 91.4 Å². The van der Waals surface area contributed by atoms with Crippen molar-refractivity contribution in [1.29, 1.82) is 0 Å². The van der Waals surface area contributed by atoms with Gasteiger partial charge >= 0.3 is 6.18 Å². The van der Waals surface area contributed by atoms with E-state index in [1.54, 1.807) is 30.5 Å². The average Bonchev–Trinajstić information content (AvgIpc) is 3.41. The van der Waals surface area contributed by atoms with Crippen molar-refractivity contribution in [2.24, 2.45) is 0 Å². The number of halogens is 5. The van der Waals surface area contributed by atoms with Gasteiger partial charge in [-0.05, 0) is 66.6 Å². The molecule has 1 unspecified atom stereocenters. The maximum Gasteiger partial charge on any atom is 0.406 e. The fourth-order valence-electron chi connectivity index (χ4n) is 6.39. The van der Waals surface area contributed by atoms with E-state index in [4.69, 9.17) is 0 Å². The van der Waals surface area contributed by atoms with Gasteiger partial charge in [-0.1, -0.05) is 24.3 Å². The smallest absolute Gasteiger partial charge is 0.340 e. The van der Waals surface area contributed by atoms with Crippen molar-refractivity contribution in [3.63, 3.8) is 0 Å². The molecule has 1 fully saturated rings. The normalized spacial score (nSPS) is 23.4. The van der Waals surface area contributed by atoms with E-state index < -0.39 is 60.1 Å².